The van der Waals surface area contributed by atoms with Gasteiger partial charge in [-0.05, 0) is 23.1 Å². The minimum Gasteiger partial charge on any atom is -0.460 e. The molecule has 1 aromatic heterocycles. The third kappa shape index (κ3) is 4.79. The number of ether oxygens (including phenoxy) is 1. The predicted octanol–water partition coefficient (Wildman–Crippen LogP) is 5.53. The van der Waals surface area contributed by atoms with Gasteiger partial charge < -0.3 is 13.7 Å². The molecule has 0 atom stereocenters. The average Bonchev–Trinajstić information content (AvgIpc) is 3.22. The Kier molecular flexibility index (Phi) is 7.29. The van der Waals surface area contributed by atoms with Gasteiger partial charge >= 0.3 is 5.97 Å². The predicted molar refractivity (Wildman–Crippen MR) is 146 cm³/mol. The Morgan fingerprint density at radius 1 is 0.861 bits per heavy atom. The van der Waals surface area contributed by atoms with Crippen molar-refractivity contribution in [2.24, 2.45) is 7.05 Å². The molecule has 0 bridgehead atoms. The third-order valence-corrected chi connectivity index (χ3v) is 7.61. The Bertz CT molecular complexity index is 1330. The lowest BCUT2D eigenvalue weighted by atomic mass is 9.79. The van der Waals surface area contributed by atoms with E-state index < -0.39 is 27.1 Å². The van der Waals surface area contributed by atoms with Crippen LogP contribution in [0.1, 0.15) is 54.7 Å². The fourth-order valence-electron chi connectivity index (χ4n) is 4.63. The first kappa shape index (κ1) is 25.6. The lowest BCUT2D eigenvalue weighted by Gasteiger charge is -2.39. The second-order valence-corrected chi connectivity index (χ2v) is 12.9. The summed E-state index contributed by atoms with van der Waals surface area (Å²) >= 11 is 0. The van der Waals surface area contributed by atoms with Crippen molar-refractivity contribution < 1.29 is 18.8 Å². The SMILES string of the molecule is CCOC(=O)C(=O)c1cn(C)c2c(C(O[SiH2]C(C)(C)C)(c3ccccc3)c3ccccc3)cccc12. The van der Waals surface area contributed by atoms with Gasteiger partial charge in [-0.3, -0.25) is 4.79 Å². The van der Waals surface area contributed by atoms with Gasteiger partial charge in [-0.15, -0.1) is 0 Å². The Labute approximate surface area is 215 Å². The van der Waals surface area contributed by atoms with Gasteiger partial charge in [-0.2, -0.15) is 0 Å². The zero-order chi connectivity index (χ0) is 25.9. The van der Waals surface area contributed by atoms with Crippen molar-refractivity contribution in [3.05, 3.63) is 107 Å². The van der Waals surface area contributed by atoms with Crippen molar-refractivity contribution in [2.75, 3.05) is 6.61 Å². The van der Waals surface area contributed by atoms with Crippen molar-refractivity contribution in [1.82, 2.24) is 4.57 Å². The molecule has 0 amide bonds. The molecular weight excluding hydrogens is 466 g/mol. The summed E-state index contributed by atoms with van der Waals surface area (Å²) in [4.78, 5) is 25.3. The molecule has 1 heterocycles. The number of aryl methyl sites for hydroxylation is 1. The molecular formula is C30H33NO4Si. The molecule has 0 radical (unpaired) electrons. The van der Waals surface area contributed by atoms with Crippen LogP contribution in [-0.2, 0) is 26.6 Å². The summed E-state index contributed by atoms with van der Waals surface area (Å²) in [5, 5.41) is 0.743. The van der Waals surface area contributed by atoms with Crippen molar-refractivity contribution in [2.45, 2.75) is 38.3 Å². The van der Waals surface area contributed by atoms with E-state index in [4.69, 9.17) is 9.16 Å². The van der Waals surface area contributed by atoms with Gasteiger partial charge in [0.1, 0.15) is 5.60 Å². The van der Waals surface area contributed by atoms with E-state index in [1.807, 2.05) is 60.1 Å². The molecule has 36 heavy (non-hydrogen) atoms. The minimum absolute atomic E-state index is 0.0436. The number of nitrogens with zero attached hydrogens (tertiary/aromatic N) is 1. The molecule has 5 nitrogen and oxygen atoms in total. The fraction of sp³-hybridized carbons (Fsp3) is 0.267. The van der Waals surface area contributed by atoms with Crippen LogP contribution >= 0.6 is 0 Å². The highest BCUT2D eigenvalue weighted by Crippen LogP contribution is 2.45. The van der Waals surface area contributed by atoms with Crippen LogP contribution in [0, 0.1) is 0 Å². The maximum absolute atomic E-state index is 13.0. The Hall–Kier alpha value is -3.48. The molecule has 3 aromatic carbocycles. The zero-order valence-corrected chi connectivity index (χ0v) is 23.0. The summed E-state index contributed by atoms with van der Waals surface area (Å²) < 4.78 is 14.0. The Morgan fingerprint density at radius 2 is 1.44 bits per heavy atom. The molecule has 0 saturated carbocycles. The number of rotatable bonds is 8. The topological polar surface area (TPSA) is 57.5 Å². The Balaban J connectivity index is 2.06. The molecule has 0 N–H and O–H groups in total. The van der Waals surface area contributed by atoms with E-state index in [1.54, 1.807) is 13.1 Å². The van der Waals surface area contributed by atoms with E-state index in [0.29, 0.717) is 10.9 Å². The highest BCUT2D eigenvalue weighted by atomic mass is 28.2. The molecule has 0 saturated heterocycles. The zero-order valence-electron chi connectivity index (χ0n) is 21.6. The van der Waals surface area contributed by atoms with Crippen LogP contribution < -0.4 is 0 Å². The number of para-hydroxylation sites is 1. The lowest BCUT2D eigenvalue weighted by Crippen LogP contribution is -2.36. The van der Waals surface area contributed by atoms with Gasteiger partial charge in [0.05, 0.1) is 17.7 Å². The molecule has 6 heteroatoms. The van der Waals surface area contributed by atoms with E-state index in [1.165, 1.54) is 0 Å². The van der Waals surface area contributed by atoms with Gasteiger partial charge in [-0.25, -0.2) is 4.79 Å². The number of fused-ring (bicyclic) bond motifs is 1. The standard InChI is InChI=1S/C30H33NO4Si/c1-6-34-28(33)27(32)24-20-31(5)26-23(24)18-13-19-25(26)30(35-36-29(2,3)4,21-14-9-7-10-15-21)22-16-11-8-12-17-22/h7-20H,6,36H2,1-5H3. The first-order valence-corrected chi connectivity index (χ1v) is 13.5. The number of esters is 1. The summed E-state index contributed by atoms with van der Waals surface area (Å²) in [6, 6.07) is 26.4. The van der Waals surface area contributed by atoms with Crippen molar-refractivity contribution >= 4 is 32.4 Å². The fourth-order valence-corrected chi connectivity index (χ4v) is 5.77. The molecule has 0 unspecified atom stereocenters. The minimum atomic E-state index is -1.04. The van der Waals surface area contributed by atoms with E-state index >= 15 is 0 Å². The molecule has 0 spiro atoms. The van der Waals surface area contributed by atoms with E-state index in [0.717, 1.165) is 22.2 Å². The van der Waals surface area contributed by atoms with Crippen LogP contribution in [0.25, 0.3) is 10.9 Å². The van der Waals surface area contributed by atoms with E-state index in [9.17, 15) is 9.59 Å². The van der Waals surface area contributed by atoms with Crippen LogP contribution in [-0.4, -0.2) is 32.7 Å². The first-order valence-electron chi connectivity index (χ1n) is 12.2. The molecule has 0 aliphatic carbocycles. The van der Waals surface area contributed by atoms with Crippen LogP contribution in [0.15, 0.2) is 85.1 Å². The normalized spacial score (nSPS) is 12.4. The van der Waals surface area contributed by atoms with Crippen LogP contribution in [0.4, 0.5) is 0 Å². The summed E-state index contributed by atoms with van der Waals surface area (Å²) in [5.74, 6) is -1.49. The van der Waals surface area contributed by atoms with Gasteiger partial charge in [0.25, 0.3) is 5.78 Å². The Morgan fingerprint density at radius 3 is 1.97 bits per heavy atom. The maximum atomic E-state index is 13.0. The van der Waals surface area contributed by atoms with E-state index in [2.05, 4.69) is 51.1 Å². The molecule has 0 aliphatic heterocycles. The van der Waals surface area contributed by atoms with Gasteiger partial charge in [-0.1, -0.05) is 99.6 Å². The smallest absolute Gasteiger partial charge is 0.379 e. The van der Waals surface area contributed by atoms with Gasteiger partial charge in [0.2, 0.25) is 0 Å². The third-order valence-electron chi connectivity index (χ3n) is 6.17. The maximum Gasteiger partial charge on any atom is 0.379 e. The van der Waals surface area contributed by atoms with Crippen LogP contribution in [0.2, 0.25) is 5.04 Å². The number of carbonyl (C=O) groups is 2. The summed E-state index contributed by atoms with van der Waals surface area (Å²) in [6.45, 7) is 8.46. The number of carbonyl (C=O) groups excluding carboxylic acids is 2. The van der Waals surface area contributed by atoms with Gasteiger partial charge in [0, 0.05) is 24.2 Å². The highest BCUT2D eigenvalue weighted by molar-refractivity contribution is 6.43. The molecule has 4 rings (SSSR count). The van der Waals surface area contributed by atoms with Crippen molar-refractivity contribution in [1.29, 1.82) is 0 Å². The summed E-state index contributed by atoms with van der Waals surface area (Å²) in [7, 11) is 0.855. The molecule has 186 valence electrons. The average molecular weight is 500 g/mol. The largest absolute Gasteiger partial charge is 0.460 e. The number of hydrogen-bond acceptors (Lipinski definition) is 4. The van der Waals surface area contributed by atoms with E-state index in [-0.39, 0.29) is 11.6 Å². The second kappa shape index (κ2) is 10.2. The van der Waals surface area contributed by atoms with Crippen LogP contribution in [0.3, 0.4) is 0 Å². The monoisotopic (exact) mass is 499 g/mol. The quantitative estimate of drug-likeness (QED) is 0.105. The van der Waals surface area contributed by atoms with Crippen molar-refractivity contribution in [3.8, 4) is 0 Å². The first-order chi connectivity index (χ1) is 17.2. The highest BCUT2D eigenvalue weighted by Gasteiger charge is 2.40. The molecule has 0 fully saturated rings. The summed E-state index contributed by atoms with van der Waals surface area (Å²) in [5.41, 5.74) is 3.24. The number of Topliss-reactive ketones (excluding diaryl/α,β-unsaturated/α-hetero) is 1. The number of benzene rings is 3. The summed E-state index contributed by atoms with van der Waals surface area (Å²) in [6.07, 6.45) is 1.72. The second-order valence-electron chi connectivity index (χ2n) is 10.2. The van der Waals surface area contributed by atoms with Crippen molar-refractivity contribution in [3.63, 3.8) is 0 Å². The van der Waals surface area contributed by atoms with Crippen LogP contribution in [0.5, 0.6) is 0 Å². The number of aromatic nitrogens is 1. The van der Waals surface area contributed by atoms with Gasteiger partial charge in [0.15, 0.2) is 9.76 Å². The lowest BCUT2D eigenvalue weighted by molar-refractivity contribution is -0.137. The molecule has 0 aliphatic rings. The number of hydrogen-bond donors (Lipinski definition) is 0. The molecule has 4 aromatic rings. The number of ketones is 1.